The van der Waals surface area contributed by atoms with E-state index >= 15 is 0 Å². The van der Waals surface area contributed by atoms with Crippen molar-refractivity contribution < 1.29 is 9.90 Å². The molecule has 1 amide bonds. The molecule has 0 saturated heterocycles. The van der Waals surface area contributed by atoms with Gasteiger partial charge in [-0.25, -0.2) is 0 Å². The van der Waals surface area contributed by atoms with Crippen LogP contribution in [0.2, 0.25) is 0 Å². The number of carbonyl (C=O) groups excluding carboxylic acids is 1. The zero-order chi connectivity index (χ0) is 12.4. The molecule has 0 spiro atoms. The minimum absolute atomic E-state index is 0.221. The van der Waals surface area contributed by atoms with Crippen molar-refractivity contribution in [2.24, 2.45) is 5.73 Å². The molecular formula is C13H21NO2. The Morgan fingerprint density at radius 1 is 1.25 bits per heavy atom. The molecule has 0 aromatic heterocycles. The molecule has 16 heavy (non-hydrogen) atoms. The zero-order valence-electron chi connectivity index (χ0n) is 10.1. The number of amides is 1. The lowest BCUT2D eigenvalue weighted by molar-refractivity contribution is -0.117. The summed E-state index contributed by atoms with van der Waals surface area (Å²) in [5, 5.41) is 9.27. The second-order valence-electron chi connectivity index (χ2n) is 3.60. The number of nitrogens with two attached hydrogens (primary N) is 1. The molecule has 0 aliphatic rings. The number of hydrogen-bond donors (Lipinski definition) is 2. The molecule has 1 aromatic carbocycles. The Hall–Kier alpha value is -1.51. The van der Waals surface area contributed by atoms with Gasteiger partial charge in [-0.2, -0.15) is 0 Å². The molecule has 0 aliphatic carbocycles. The van der Waals surface area contributed by atoms with Crippen LogP contribution in [0.15, 0.2) is 24.3 Å². The van der Waals surface area contributed by atoms with E-state index in [9.17, 15) is 9.90 Å². The number of aryl methyl sites for hydroxylation is 1. The molecule has 3 nitrogen and oxygen atoms in total. The van der Waals surface area contributed by atoms with Crippen LogP contribution >= 0.6 is 0 Å². The first kappa shape index (κ1) is 14.5. The monoisotopic (exact) mass is 223 g/mol. The first-order valence-corrected chi connectivity index (χ1v) is 5.67. The van der Waals surface area contributed by atoms with Crippen molar-refractivity contribution in [2.75, 3.05) is 0 Å². The van der Waals surface area contributed by atoms with Gasteiger partial charge in [0, 0.05) is 6.42 Å². The third-order valence-corrected chi connectivity index (χ3v) is 2.13. The van der Waals surface area contributed by atoms with Crippen molar-refractivity contribution in [3.05, 3.63) is 29.8 Å². The number of hydrogen-bond acceptors (Lipinski definition) is 2. The highest BCUT2D eigenvalue weighted by Crippen LogP contribution is 2.16. The molecule has 90 valence electrons. The first-order chi connectivity index (χ1) is 7.61. The Morgan fingerprint density at radius 3 is 2.25 bits per heavy atom. The van der Waals surface area contributed by atoms with E-state index in [1.165, 1.54) is 12.8 Å². The van der Waals surface area contributed by atoms with E-state index in [0.717, 1.165) is 5.56 Å². The van der Waals surface area contributed by atoms with Crippen LogP contribution in [0.4, 0.5) is 0 Å². The van der Waals surface area contributed by atoms with Crippen molar-refractivity contribution in [3.8, 4) is 5.75 Å². The van der Waals surface area contributed by atoms with Crippen molar-refractivity contribution in [2.45, 2.75) is 39.5 Å². The highest BCUT2D eigenvalue weighted by molar-refractivity contribution is 5.74. The molecule has 0 aliphatic heterocycles. The molecule has 0 radical (unpaired) electrons. The van der Waals surface area contributed by atoms with Gasteiger partial charge >= 0.3 is 0 Å². The number of unbranched alkanes of at least 4 members (excludes halogenated alkanes) is 1. The van der Waals surface area contributed by atoms with E-state index in [2.05, 4.69) is 13.8 Å². The van der Waals surface area contributed by atoms with Crippen LogP contribution in [0.5, 0.6) is 5.75 Å². The molecule has 0 atom stereocenters. The average Bonchev–Trinajstić information content (AvgIpc) is 2.28. The molecule has 0 heterocycles. The molecule has 0 fully saturated rings. The van der Waals surface area contributed by atoms with Crippen molar-refractivity contribution >= 4 is 5.91 Å². The van der Waals surface area contributed by atoms with Gasteiger partial charge in [0.05, 0.1) is 0 Å². The summed E-state index contributed by atoms with van der Waals surface area (Å²) in [6.07, 6.45) is 3.42. The molecule has 3 heteroatoms. The molecule has 1 aromatic rings. The third-order valence-electron chi connectivity index (χ3n) is 2.13. The highest BCUT2D eigenvalue weighted by Gasteiger charge is 2.00. The van der Waals surface area contributed by atoms with Gasteiger partial charge in [-0.1, -0.05) is 44.9 Å². The molecule has 0 unspecified atom stereocenters. The maximum Gasteiger partial charge on any atom is 0.217 e. The number of phenols is 1. The van der Waals surface area contributed by atoms with E-state index in [0.29, 0.717) is 6.42 Å². The number of para-hydroxylation sites is 1. The summed E-state index contributed by atoms with van der Waals surface area (Å²) < 4.78 is 0. The van der Waals surface area contributed by atoms with E-state index in [4.69, 9.17) is 5.73 Å². The first-order valence-electron chi connectivity index (χ1n) is 5.67. The standard InChI is InChI=1S/C9H11NO2.C4H10/c10-9(12)6-5-7-3-1-2-4-8(7)11;1-3-4-2/h1-4,11H,5-6H2,(H2,10,12);3-4H2,1-2H3. The molecule has 3 N–H and O–H groups in total. The quantitative estimate of drug-likeness (QED) is 0.824. The van der Waals surface area contributed by atoms with E-state index in [-0.39, 0.29) is 18.1 Å². The summed E-state index contributed by atoms with van der Waals surface area (Å²) in [6.45, 7) is 4.36. The smallest absolute Gasteiger partial charge is 0.217 e. The summed E-state index contributed by atoms with van der Waals surface area (Å²) in [5.41, 5.74) is 5.73. The van der Waals surface area contributed by atoms with Gasteiger partial charge in [-0.05, 0) is 18.1 Å². The highest BCUT2D eigenvalue weighted by atomic mass is 16.3. The van der Waals surface area contributed by atoms with Crippen LogP contribution in [0.3, 0.4) is 0 Å². The van der Waals surface area contributed by atoms with Gasteiger partial charge in [-0.3, -0.25) is 4.79 Å². The van der Waals surface area contributed by atoms with Crippen molar-refractivity contribution in [1.82, 2.24) is 0 Å². The maximum absolute atomic E-state index is 10.4. The van der Waals surface area contributed by atoms with Crippen LogP contribution in [0.25, 0.3) is 0 Å². The van der Waals surface area contributed by atoms with Crippen molar-refractivity contribution in [3.63, 3.8) is 0 Å². The largest absolute Gasteiger partial charge is 0.508 e. The van der Waals surface area contributed by atoms with E-state index in [1.54, 1.807) is 18.2 Å². The Balaban J connectivity index is 0.000000487. The van der Waals surface area contributed by atoms with Crippen LogP contribution in [0.1, 0.15) is 38.7 Å². The Labute approximate surface area is 97.3 Å². The number of phenolic OH excluding ortho intramolecular Hbond substituents is 1. The lowest BCUT2D eigenvalue weighted by Crippen LogP contribution is -2.11. The van der Waals surface area contributed by atoms with Gasteiger partial charge in [0.2, 0.25) is 5.91 Å². The van der Waals surface area contributed by atoms with Gasteiger partial charge < -0.3 is 10.8 Å². The molecule has 1 rings (SSSR count). The Morgan fingerprint density at radius 2 is 1.81 bits per heavy atom. The summed E-state index contributed by atoms with van der Waals surface area (Å²) >= 11 is 0. The fraction of sp³-hybridized carbons (Fsp3) is 0.462. The number of rotatable bonds is 4. The molecule has 0 saturated carbocycles. The summed E-state index contributed by atoms with van der Waals surface area (Å²) in [6, 6.07) is 6.92. The fourth-order valence-corrected chi connectivity index (χ4v) is 0.980. The van der Waals surface area contributed by atoms with Gasteiger partial charge in [-0.15, -0.1) is 0 Å². The van der Waals surface area contributed by atoms with Crippen LogP contribution < -0.4 is 5.73 Å². The minimum Gasteiger partial charge on any atom is -0.508 e. The van der Waals surface area contributed by atoms with Crippen LogP contribution in [0, 0.1) is 0 Å². The van der Waals surface area contributed by atoms with Crippen LogP contribution in [-0.4, -0.2) is 11.0 Å². The van der Waals surface area contributed by atoms with E-state index < -0.39 is 0 Å². The summed E-state index contributed by atoms with van der Waals surface area (Å²) in [7, 11) is 0. The average molecular weight is 223 g/mol. The maximum atomic E-state index is 10.4. The SMILES string of the molecule is CCCC.NC(=O)CCc1ccccc1O. The number of carbonyl (C=O) groups is 1. The zero-order valence-corrected chi connectivity index (χ0v) is 10.1. The number of primary amides is 1. The molecular weight excluding hydrogens is 202 g/mol. The Kier molecular flexibility index (Phi) is 7.94. The minimum atomic E-state index is -0.349. The van der Waals surface area contributed by atoms with Gasteiger partial charge in [0.1, 0.15) is 5.75 Å². The summed E-state index contributed by atoms with van der Waals surface area (Å²) in [4.78, 5) is 10.4. The third kappa shape index (κ3) is 6.87. The van der Waals surface area contributed by atoms with Gasteiger partial charge in [0.15, 0.2) is 0 Å². The summed E-state index contributed by atoms with van der Waals surface area (Å²) in [5.74, 6) is -0.128. The number of benzene rings is 1. The Bertz CT molecular complexity index is 309. The normalized spacial score (nSPS) is 9.12. The van der Waals surface area contributed by atoms with Gasteiger partial charge in [0.25, 0.3) is 0 Å². The molecule has 0 bridgehead atoms. The lowest BCUT2D eigenvalue weighted by atomic mass is 10.1. The predicted octanol–water partition coefficient (Wildman–Crippen LogP) is 2.62. The second kappa shape index (κ2) is 8.77. The van der Waals surface area contributed by atoms with E-state index in [1.807, 2.05) is 6.07 Å². The van der Waals surface area contributed by atoms with Crippen molar-refractivity contribution in [1.29, 1.82) is 0 Å². The topological polar surface area (TPSA) is 63.3 Å². The number of aromatic hydroxyl groups is 1. The predicted molar refractivity (Wildman–Crippen MR) is 66.2 cm³/mol. The lowest BCUT2D eigenvalue weighted by Gasteiger charge is -2.00. The fourth-order valence-electron chi connectivity index (χ4n) is 0.980. The second-order valence-corrected chi connectivity index (χ2v) is 3.60. The van der Waals surface area contributed by atoms with Crippen LogP contribution in [-0.2, 0) is 11.2 Å².